The number of halogens is 1. The van der Waals surface area contributed by atoms with Gasteiger partial charge in [-0.15, -0.1) is 0 Å². The molecule has 10 nitrogen and oxygen atoms in total. The molecule has 11 heteroatoms. The first-order valence-electron chi connectivity index (χ1n) is 11.6. The second-order valence-corrected chi connectivity index (χ2v) is 8.72. The number of aromatic nitrogens is 2. The first kappa shape index (κ1) is 25.5. The van der Waals surface area contributed by atoms with Gasteiger partial charge in [-0.05, 0) is 54.3 Å². The Bertz CT molecular complexity index is 1300. The van der Waals surface area contributed by atoms with Crippen molar-refractivity contribution in [2.75, 3.05) is 36.3 Å². The van der Waals surface area contributed by atoms with Gasteiger partial charge in [0.2, 0.25) is 5.91 Å². The predicted molar refractivity (Wildman–Crippen MR) is 136 cm³/mol. The Labute approximate surface area is 213 Å². The van der Waals surface area contributed by atoms with Crippen molar-refractivity contribution in [2.45, 2.75) is 25.3 Å². The molecule has 37 heavy (non-hydrogen) atoms. The van der Waals surface area contributed by atoms with Crippen LogP contribution in [0.4, 0.5) is 26.2 Å². The van der Waals surface area contributed by atoms with Crippen molar-refractivity contribution in [3.8, 4) is 6.01 Å². The van der Waals surface area contributed by atoms with E-state index in [0.717, 1.165) is 16.2 Å². The number of ether oxygens (including phenoxy) is 1. The van der Waals surface area contributed by atoms with Crippen LogP contribution in [0.2, 0.25) is 0 Å². The number of hydrogen-bond acceptors (Lipinski definition) is 7. The van der Waals surface area contributed by atoms with Gasteiger partial charge in [0.15, 0.2) is 0 Å². The van der Waals surface area contributed by atoms with Crippen molar-refractivity contribution >= 4 is 34.9 Å². The average molecular weight is 507 g/mol. The number of rotatable bonds is 9. The highest BCUT2D eigenvalue weighted by Gasteiger charge is 2.40. The van der Waals surface area contributed by atoms with E-state index in [1.165, 1.54) is 37.7 Å². The Kier molecular flexibility index (Phi) is 7.61. The van der Waals surface area contributed by atoms with E-state index < -0.39 is 29.7 Å². The topological polar surface area (TPSA) is 117 Å². The number of imide groups is 1. The molecule has 0 radical (unpaired) electrons. The lowest BCUT2D eigenvalue weighted by atomic mass is 10.0. The van der Waals surface area contributed by atoms with E-state index >= 15 is 0 Å². The number of carbonyl (C=O) groups excluding carboxylic acids is 3. The minimum absolute atomic E-state index is 0.146. The Morgan fingerprint density at radius 1 is 1.11 bits per heavy atom. The highest BCUT2D eigenvalue weighted by atomic mass is 19.1. The molecule has 3 aromatic rings. The number of methoxy groups -OCH3 is 1. The number of aryl methyl sites for hydroxylation is 2. The van der Waals surface area contributed by atoms with Gasteiger partial charge >= 0.3 is 12.0 Å². The Morgan fingerprint density at radius 2 is 1.81 bits per heavy atom. The van der Waals surface area contributed by atoms with Gasteiger partial charge in [0.05, 0.1) is 37.3 Å². The van der Waals surface area contributed by atoms with Gasteiger partial charge < -0.3 is 20.3 Å². The fourth-order valence-corrected chi connectivity index (χ4v) is 3.93. The third-order valence-electron chi connectivity index (χ3n) is 5.93. The molecule has 1 unspecified atom stereocenters. The fourth-order valence-electron chi connectivity index (χ4n) is 3.93. The number of nitrogens with one attached hydrogen (secondary N) is 2. The second kappa shape index (κ2) is 11.0. The second-order valence-electron chi connectivity index (χ2n) is 8.72. The van der Waals surface area contributed by atoms with Crippen LogP contribution in [0.5, 0.6) is 6.01 Å². The summed E-state index contributed by atoms with van der Waals surface area (Å²) in [5, 5.41) is 5.10. The standard InChI is InChI=1S/C26H27FN6O4/c1-32(2)19-8-5-16(6-9-19)4-7-17-12-20(10-11-21(17)27)33-24(35)22(31-26(33)36)13-23(34)30-18-14-28-25(37-3)29-15-18/h5-6,8-12,14-15,22H,4,7,13H2,1-3H3,(H,30,34)(H,31,36). The zero-order valence-electron chi connectivity index (χ0n) is 20.7. The molecule has 2 aromatic carbocycles. The third-order valence-corrected chi connectivity index (χ3v) is 5.93. The third kappa shape index (κ3) is 6.00. The van der Waals surface area contributed by atoms with Crippen molar-refractivity contribution in [3.63, 3.8) is 0 Å². The summed E-state index contributed by atoms with van der Waals surface area (Å²) in [7, 11) is 5.33. The lowest BCUT2D eigenvalue weighted by Gasteiger charge is -2.15. The summed E-state index contributed by atoms with van der Waals surface area (Å²) in [6.07, 6.45) is 3.42. The number of anilines is 3. The molecule has 1 atom stereocenters. The molecule has 1 aliphatic heterocycles. The molecule has 4 amide bonds. The predicted octanol–water partition coefficient (Wildman–Crippen LogP) is 2.93. The maximum atomic E-state index is 14.5. The highest BCUT2D eigenvalue weighted by Crippen LogP contribution is 2.25. The van der Waals surface area contributed by atoms with E-state index in [-0.39, 0.29) is 18.1 Å². The maximum absolute atomic E-state index is 14.5. The quantitative estimate of drug-likeness (QED) is 0.429. The SMILES string of the molecule is COc1ncc(NC(=O)CC2NC(=O)N(c3ccc(F)c(CCc4ccc(N(C)C)cc4)c3)C2=O)cn1. The molecule has 1 saturated heterocycles. The molecule has 0 aliphatic carbocycles. The van der Waals surface area contributed by atoms with Crippen LogP contribution in [-0.4, -0.2) is 55.1 Å². The molecule has 0 saturated carbocycles. The smallest absolute Gasteiger partial charge is 0.329 e. The van der Waals surface area contributed by atoms with E-state index in [1.54, 1.807) is 0 Å². The van der Waals surface area contributed by atoms with E-state index in [9.17, 15) is 18.8 Å². The summed E-state index contributed by atoms with van der Waals surface area (Å²) in [6.45, 7) is 0. The van der Waals surface area contributed by atoms with Crippen molar-refractivity contribution in [2.24, 2.45) is 0 Å². The molecule has 0 bridgehead atoms. The van der Waals surface area contributed by atoms with Crippen LogP contribution in [0.3, 0.4) is 0 Å². The molecule has 2 heterocycles. The van der Waals surface area contributed by atoms with Gasteiger partial charge in [-0.1, -0.05) is 12.1 Å². The molecule has 192 valence electrons. The molecule has 1 aliphatic rings. The van der Waals surface area contributed by atoms with Gasteiger partial charge in [-0.25, -0.2) is 24.1 Å². The molecular formula is C26H27FN6O4. The van der Waals surface area contributed by atoms with Crippen molar-refractivity contribution in [1.82, 2.24) is 15.3 Å². The summed E-state index contributed by atoms with van der Waals surface area (Å²) < 4.78 is 19.4. The van der Waals surface area contributed by atoms with E-state index in [0.29, 0.717) is 24.1 Å². The van der Waals surface area contributed by atoms with Crippen molar-refractivity contribution < 1.29 is 23.5 Å². The first-order chi connectivity index (χ1) is 17.7. The summed E-state index contributed by atoms with van der Waals surface area (Å²) >= 11 is 0. The van der Waals surface area contributed by atoms with E-state index in [2.05, 4.69) is 20.6 Å². The number of carbonyl (C=O) groups is 3. The van der Waals surface area contributed by atoms with Crippen LogP contribution >= 0.6 is 0 Å². The van der Waals surface area contributed by atoms with E-state index in [1.807, 2.05) is 43.3 Å². The Hall–Kier alpha value is -4.54. The first-order valence-corrected chi connectivity index (χ1v) is 11.6. The van der Waals surface area contributed by atoms with Crippen LogP contribution in [0.25, 0.3) is 0 Å². The number of benzene rings is 2. The van der Waals surface area contributed by atoms with Crippen molar-refractivity contribution in [1.29, 1.82) is 0 Å². The molecule has 1 aromatic heterocycles. The molecule has 2 N–H and O–H groups in total. The minimum atomic E-state index is -1.06. The number of hydrogen-bond donors (Lipinski definition) is 2. The van der Waals surface area contributed by atoms with E-state index in [4.69, 9.17) is 4.74 Å². The number of nitrogens with zero attached hydrogens (tertiary/aromatic N) is 4. The zero-order chi connectivity index (χ0) is 26.5. The maximum Gasteiger partial charge on any atom is 0.329 e. The summed E-state index contributed by atoms with van der Waals surface area (Å²) in [4.78, 5) is 48.7. The molecule has 1 fully saturated rings. The molecular weight excluding hydrogens is 479 g/mol. The highest BCUT2D eigenvalue weighted by molar-refractivity contribution is 6.22. The van der Waals surface area contributed by atoms with Crippen molar-refractivity contribution in [3.05, 3.63) is 71.8 Å². The Balaban J connectivity index is 1.40. The van der Waals surface area contributed by atoms with Crippen LogP contribution in [0.1, 0.15) is 17.5 Å². The summed E-state index contributed by atoms with van der Waals surface area (Å²) in [6, 6.07) is 10.5. The summed E-state index contributed by atoms with van der Waals surface area (Å²) in [5.41, 5.74) is 3.05. The van der Waals surface area contributed by atoms with Crippen LogP contribution in [0, 0.1) is 5.82 Å². The number of amides is 4. The van der Waals surface area contributed by atoms with Gasteiger partial charge in [0.1, 0.15) is 11.9 Å². The van der Waals surface area contributed by atoms with Crippen LogP contribution in [0.15, 0.2) is 54.9 Å². The van der Waals surface area contributed by atoms with Gasteiger partial charge in [-0.3, -0.25) is 9.59 Å². The largest absolute Gasteiger partial charge is 0.467 e. The average Bonchev–Trinajstić information content (AvgIpc) is 3.16. The molecule has 4 rings (SSSR count). The lowest BCUT2D eigenvalue weighted by Crippen LogP contribution is -2.34. The van der Waals surface area contributed by atoms with Crippen LogP contribution < -0.4 is 25.2 Å². The minimum Gasteiger partial charge on any atom is -0.467 e. The monoisotopic (exact) mass is 506 g/mol. The van der Waals surface area contributed by atoms with Gasteiger partial charge in [-0.2, -0.15) is 0 Å². The zero-order valence-corrected chi connectivity index (χ0v) is 20.7. The van der Waals surface area contributed by atoms with Gasteiger partial charge in [0.25, 0.3) is 5.91 Å². The Morgan fingerprint density at radius 3 is 2.46 bits per heavy atom. The number of urea groups is 1. The fraction of sp³-hybridized carbons (Fsp3) is 0.269. The lowest BCUT2D eigenvalue weighted by molar-refractivity contribution is -0.122. The van der Waals surface area contributed by atoms with Crippen LogP contribution in [-0.2, 0) is 22.4 Å². The molecule has 0 spiro atoms. The normalized spacial score (nSPS) is 14.9. The van der Waals surface area contributed by atoms with Gasteiger partial charge in [0, 0.05) is 19.8 Å². The summed E-state index contributed by atoms with van der Waals surface area (Å²) in [5.74, 6) is -1.52.